The van der Waals surface area contributed by atoms with E-state index in [-0.39, 0.29) is 12.1 Å². The van der Waals surface area contributed by atoms with Crippen LogP contribution in [0.1, 0.15) is 12.5 Å². The highest BCUT2D eigenvalue weighted by molar-refractivity contribution is 5.91. The van der Waals surface area contributed by atoms with Crippen molar-refractivity contribution < 1.29 is 19.0 Å². The van der Waals surface area contributed by atoms with Gasteiger partial charge in [-0.2, -0.15) is 0 Å². The number of nitrogens with one attached hydrogen (secondary N) is 1. The molecule has 8 nitrogen and oxygen atoms in total. The molecule has 0 saturated carbocycles. The number of fused-ring (bicyclic) bond motifs is 1. The summed E-state index contributed by atoms with van der Waals surface area (Å²) < 4.78 is 15.0. The summed E-state index contributed by atoms with van der Waals surface area (Å²) in [5, 5.41) is 3.12. The molecule has 2 aliphatic rings. The molecule has 0 amide bonds. The zero-order chi connectivity index (χ0) is 24.1. The van der Waals surface area contributed by atoms with Crippen molar-refractivity contribution in [2.75, 3.05) is 54.1 Å². The highest BCUT2D eigenvalue weighted by Crippen LogP contribution is 2.28. The van der Waals surface area contributed by atoms with Crippen molar-refractivity contribution in [3.8, 4) is 5.75 Å². The maximum atomic E-state index is 11.7. The third-order valence-electron chi connectivity index (χ3n) is 5.08. The fourth-order valence-corrected chi connectivity index (χ4v) is 3.21. The second-order valence-electron chi connectivity index (χ2n) is 7.30. The van der Waals surface area contributed by atoms with Crippen molar-refractivity contribution in [1.29, 1.82) is 0 Å². The summed E-state index contributed by atoms with van der Waals surface area (Å²) in [6, 6.07) is 7.88. The first-order valence-corrected chi connectivity index (χ1v) is 11.0. The first kappa shape index (κ1) is 26.2. The number of carbonyl (C=O) groups excluding carboxylic acids is 1. The average Bonchev–Trinajstić information content (AvgIpc) is 3.17. The van der Waals surface area contributed by atoms with Crippen LogP contribution in [0.15, 0.2) is 66.2 Å². The van der Waals surface area contributed by atoms with Crippen molar-refractivity contribution in [3.63, 3.8) is 0 Å². The predicted octanol–water partition coefficient (Wildman–Crippen LogP) is 2.32. The third kappa shape index (κ3) is 8.09. The molecule has 0 fully saturated rings. The van der Waals surface area contributed by atoms with Gasteiger partial charge < -0.3 is 35.1 Å². The number of hydrogen-bond acceptors (Lipinski definition) is 8. The van der Waals surface area contributed by atoms with Gasteiger partial charge in [-0.05, 0) is 42.8 Å². The third-order valence-corrected chi connectivity index (χ3v) is 5.08. The molecule has 8 heteroatoms. The molecular formula is C25H36N4O4. The van der Waals surface area contributed by atoms with Crippen molar-refractivity contribution in [2.24, 2.45) is 5.73 Å². The molecule has 1 unspecified atom stereocenters. The molecule has 0 saturated heterocycles. The van der Waals surface area contributed by atoms with Crippen LogP contribution in [0.5, 0.6) is 5.75 Å². The SMILES string of the molecule is CCOCCNCCN.COC(=O)C1=CC2N(C=C1)C=C(/C=C/c1ccc(OC)cc1)N2C. The van der Waals surface area contributed by atoms with Gasteiger partial charge in [0.15, 0.2) is 0 Å². The lowest BCUT2D eigenvalue weighted by molar-refractivity contribution is -0.135. The van der Waals surface area contributed by atoms with Gasteiger partial charge >= 0.3 is 5.97 Å². The normalized spacial score (nSPS) is 16.7. The van der Waals surface area contributed by atoms with Crippen LogP contribution >= 0.6 is 0 Å². The van der Waals surface area contributed by atoms with Crippen LogP contribution in [0, 0.1) is 0 Å². The van der Waals surface area contributed by atoms with Gasteiger partial charge in [-0.1, -0.05) is 18.2 Å². The zero-order valence-electron chi connectivity index (χ0n) is 20.0. The van der Waals surface area contributed by atoms with E-state index >= 15 is 0 Å². The Balaban J connectivity index is 0.000000365. The van der Waals surface area contributed by atoms with Gasteiger partial charge in [0.25, 0.3) is 0 Å². The molecule has 0 radical (unpaired) electrons. The Bertz CT molecular complexity index is 856. The molecule has 33 heavy (non-hydrogen) atoms. The van der Waals surface area contributed by atoms with Crippen LogP contribution in [-0.4, -0.2) is 76.1 Å². The lowest BCUT2D eigenvalue weighted by atomic mass is 10.1. The van der Waals surface area contributed by atoms with Crippen molar-refractivity contribution in [2.45, 2.75) is 13.1 Å². The molecule has 180 valence electrons. The lowest BCUT2D eigenvalue weighted by Crippen LogP contribution is -2.35. The van der Waals surface area contributed by atoms with Gasteiger partial charge in [0, 0.05) is 45.7 Å². The Morgan fingerprint density at radius 2 is 1.94 bits per heavy atom. The Kier molecular flexibility index (Phi) is 11.2. The Labute approximate surface area is 197 Å². The fourth-order valence-electron chi connectivity index (χ4n) is 3.21. The minimum absolute atomic E-state index is 0.0142. The maximum absolute atomic E-state index is 11.7. The van der Waals surface area contributed by atoms with E-state index in [1.807, 2.05) is 56.7 Å². The van der Waals surface area contributed by atoms with E-state index < -0.39 is 0 Å². The molecule has 0 aliphatic carbocycles. The Morgan fingerprint density at radius 3 is 2.58 bits per heavy atom. The first-order valence-electron chi connectivity index (χ1n) is 11.0. The largest absolute Gasteiger partial charge is 0.497 e. The second kappa shape index (κ2) is 14.2. The number of likely N-dealkylation sites (N-methyl/N-ethyl adjacent to an activating group) is 1. The molecular weight excluding hydrogens is 420 g/mol. The molecule has 3 N–H and O–H groups in total. The molecule has 0 aromatic heterocycles. The van der Waals surface area contributed by atoms with Crippen molar-refractivity contribution in [3.05, 3.63) is 71.7 Å². The number of rotatable bonds is 10. The number of hydrogen-bond donors (Lipinski definition) is 2. The topological polar surface area (TPSA) is 89.3 Å². The molecule has 2 aliphatic heterocycles. The molecule has 0 bridgehead atoms. The number of esters is 1. The Hall–Kier alpha value is -3.07. The van der Waals surface area contributed by atoms with Crippen molar-refractivity contribution in [1.82, 2.24) is 15.1 Å². The predicted molar refractivity (Wildman–Crippen MR) is 131 cm³/mol. The smallest absolute Gasteiger partial charge is 0.337 e. The van der Waals surface area contributed by atoms with Crippen LogP contribution in [-0.2, 0) is 14.3 Å². The average molecular weight is 457 g/mol. The maximum Gasteiger partial charge on any atom is 0.337 e. The highest BCUT2D eigenvalue weighted by atomic mass is 16.5. The summed E-state index contributed by atoms with van der Waals surface area (Å²) in [5.41, 5.74) is 7.96. The zero-order valence-corrected chi connectivity index (χ0v) is 20.0. The van der Waals surface area contributed by atoms with Crippen molar-refractivity contribution >= 4 is 12.0 Å². The summed E-state index contributed by atoms with van der Waals surface area (Å²) in [6.07, 6.45) is 11.7. The van der Waals surface area contributed by atoms with E-state index in [4.69, 9.17) is 19.9 Å². The second-order valence-corrected chi connectivity index (χ2v) is 7.30. The highest BCUT2D eigenvalue weighted by Gasteiger charge is 2.29. The number of nitrogens with two attached hydrogens (primary N) is 1. The van der Waals surface area contributed by atoms with Crippen LogP contribution < -0.4 is 15.8 Å². The van der Waals surface area contributed by atoms with Gasteiger partial charge in [-0.25, -0.2) is 4.79 Å². The summed E-state index contributed by atoms with van der Waals surface area (Å²) in [5.74, 6) is 0.522. The van der Waals surface area contributed by atoms with Gasteiger partial charge in [-0.15, -0.1) is 0 Å². The lowest BCUT2D eigenvalue weighted by Gasteiger charge is -2.29. The number of benzene rings is 1. The summed E-state index contributed by atoms with van der Waals surface area (Å²) in [7, 11) is 5.05. The molecule has 1 atom stereocenters. The number of ether oxygens (including phenoxy) is 3. The quantitative estimate of drug-likeness (QED) is 0.410. The van der Waals surface area contributed by atoms with Crippen LogP contribution in [0.2, 0.25) is 0 Å². The van der Waals surface area contributed by atoms with E-state index in [9.17, 15) is 4.79 Å². The van der Waals surface area contributed by atoms with E-state index in [1.165, 1.54) is 7.11 Å². The van der Waals surface area contributed by atoms with E-state index in [0.29, 0.717) is 12.1 Å². The number of allylic oxidation sites excluding steroid dienone is 1. The van der Waals surface area contributed by atoms with Crippen LogP contribution in [0.3, 0.4) is 0 Å². The molecule has 1 aromatic carbocycles. The summed E-state index contributed by atoms with van der Waals surface area (Å²) in [4.78, 5) is 15.8. The minimum Gasteiger partial charge on any atom is -0.497 e. The summed E-state index contributed by atoms with van der Waals surface area (Å²) in [6.45, 7) is 6.06. The molecule has 1 aromatic rings. The molecule has 3 rings (SSSR count). The first-order chi connectivity index (χ1) is 16.0. The van der Waals surface area contributed by atoms with Gasteiger partial charge in [0.05, 0.1) is 32.1 Å². The van der Waals surface area contributed by atoms with Gasteiger partial charge in [-0.3, -0.25) is 0 Å². The molecule has 2 heterocycles. The van der Waals surface area contributed by atoms with Gasteiger partial charge in [0.1, 0.15) is 11.9 Å². The monoisotopic (exact) mass is 456 g/mol. The Morgan fingerprint density at radius 1 is 1.18 bits per heavy atom. The number of nitrogens with zero attached hydrogens (tertiary/aromatic N) is 2. The molecule has 0 spiro atoms. The number of methoxy groups -OCH3 is 2. The van der Waals surface area contributed by atoms with E-state index in [1.54, 1.807) is 13.2 Å². The van der Waals surface area contributed by atoms with E-state index in [0.717, 1.165) is 43.3 Å². The standard InChI is InChI=1S/C19H20N2O3.C6H16N2O/c1-20-16(7-4-14-5-8-17(23-2)9-6-14)13-21-11-10-15(12-18(20)21)19(22)24-3;1-2-9-6-5-8-4-3-7/h4-13,18H,1-3H3;8H,2-7H2,1H3/b7-4+;. The van der Waals surface area contributed by atoms with E-state index in [2.05, 4.69) is 27.3 Å². The fraction of sp³-hybridized carbons (Fsp3) is 0.400. The van der Waals surface area contributed by atoms with Crippen LogP contribution in [0.4, 0.5) is 0 Å². The van der Waals surface area contributed by atoms with Gasteiger partial charge in [0.2, 0.25) is 0 Å². The van der Waals surface area contributed by atoms with Crippen LogP contribution in [0.25, 0.3) is 6.08 Å². The number of carbonyl (C=O) groups is 1. The minimum atomic E-state index is -0.318. The summed E-state index contributed by atoms with van der Waals surface area (Å²) >= 11 is 0.